The number of anilines is 1. The molecule has 0 aliphatic heterocycles. The van der Waals surface area contributed by atoms with Crippen molar-refractivity contribution < 1.29 is 22.7 Å². The fraction of sp³-hybridized carbons (Fsp3) is 0.391. The highest BCUT2D eigenvalue weighted by Gasteiger charge is 2.22. The van der Waals surface area contributed by atoms with Gasteiger partial charge in [0.25, 0.3) is 5.91 Å². The summed E-state index contributed by atoms with van der Waals surface area (Å²) in [5.74, 6) is 0.689. The highest BCUT2D eigenvalue weighted by Crippen LogP contribution is 2.28. The molecule has 2 rings (SSSR count). The van der Waals surface area contributed by atoms with Crippen molar-refractivity contribution in [2.24, 2.45) is 5.10 Å². The molecule has 0 saturated carbocycles. The predicted octanol–water partition coefficient (Wildman–Crippen LogP) is 3.35. The number of hydrogen-bond donors (Lipinski definition) is 1. The van der Waals surface area contributed by atoms with Crippen LogP contribution in [0.5, 0.6) is 11.5 Å². The van der Waals surface area contributed by atoms with Gasteiger partial charge in [-0.05, 0) is 55.2 Å². The maximum absolute atomic E-state index is 12.4. The highest BCUT2D eigenvalue weighted by molar-refractivity contribution is 7.92. The van der Waals surface area contributed by atoms with Crippen LogP contribution in [0.3, 0.4) is 0 Å². The molecular formula is C23H31N3O5S. The lowest BCUT2D eigenvalue weighted by atomic mass is 10.1. The van der Waals surface area contributed by atoms with Gasteiger partial charge in [0.2, 0.25) is 10.0 Å². The fourth-order valence-electron chi connectivity index (χ4n) is 2.98. The first-order valence-corrected chi connectivity index (χ1v) is 12.4. The quantitative estimate of drug-likeness (QED) is 0.386. The van der Waals surface area contributed by atoms with Gasteiger partial charge in [-0.1, -0.05) is 32.0 Å². The molecule has 0 saturated heterocycles. The third-order valence-electron chi connectivity index (χ3n) is 4.46. The Labute approximate surface area is 190 Å². The molecule has 8 nitrogen and oxygen atoms in total. The second-order valence-electron chi connectivity index (χ2n) is 7.03. The van der Waals surface area contributed by atoms with Crippen molar-refractivity contribution in [1.29, 1.82) is 0 Å². The molecule has 1 N–H and O–H groups in total. The first-order valence-electron chi connectivity index (χ1n) is 10.6. The Kier molecular flexibility index (Phi) is 9.52. The number of nitrogens with zero attached hydrogens (tertiary/aromatic N) is 2. The number of hydrazone groups is 1. The normalized spacial score (nSPS) is 11.4. The number of nitrogens with one attached hydrogen (secondary N) is 1. The number of rotatable bonds is 12. The number of amides is 1. The van der Waals surface area contributed by atoms with Gasteiger partial charge in [-0.2, -0.15) is 5.10 Å². The number of benzene rings is 2. The van der Waals surface area contributed by atoms with Gasteiger partial charge in [-0.3, -0.25) is 9.10 Å². The third kappa shape index (κ3) is 7.26. The van der Waals surface area contributed by atoms with E-state index in [-0.39, 0.29) is 6.54 Å². The van der Waals surface area contributed by atoms with E-state index in [1.54, 1.807) is 30.3 Å². The van der Waals surface area contributed by atoms with Crippen LogP contribution in [0.15, 0.2) is 47.6 Å². The number of carbonyl (C=O) groups is 1. The highest BCUT2D eigenvalue weighted by atomic mass is 32.2. The minimum atomic E-state index is -3.66. The van der Waals surface area contributed by atoms with Crippen molar-refractivity contribution in [3.8, 4) is 11.5 Å². The molecule has 0 spiro atoms. The molecule has 0 unspecified atom stereocenters. The van der Waals surface area contributed by atoms with E-state index < -0.39 is 15.9 Å². The van der Waals surface area contributed by atoms with Gasteiger partial charge in [-0.15, -0.1) is 0 Å². The lowest BCUT2D eigenvalue weighted by Crippen LogP contribution is -2.39. The summed E-state index contributed by atoms with van der Waals surface area (Å²) in [6.07, 6.45) is 4.07. The van der Waals surface area contributed by atoms with Crippen molar-refractivity contribution in [3.05, 3.63) is 53.6 Å². The summed E-state index contributed by atoms with van der Waals surface area (Å²) < 4.78 is 37.0. The molecule has 0 aliphatic rings. The summed E-state index contributed by atoms with van der Waals surface area (Å²) in [5.41, 5.74) is 4.42. The Morgan fingerprint density at radius 2 is 1.84 bits per heavy atom. The van der Waals surface area contributed by atoms with Crippen molar-refractivity contribution in [2.45, 2.75) is 33.6 Å². The summed E-state index contributed by atoms with van der Waals surface area (Å²) >= 11 is 0. The van der Waals surface area contributed by atoms with E-state index in [0.717, 1.165) is 22.5 Å². The minimum Gasteiger partial charge on any atom is -0.490 e. The smallest absolute Gasteiger partial charge is 0.260 e. The molecule has 32 heavy (non-hydrogen) atoms. The zero-order valence-electron chi connectivity index (χ0n) is 19.0. The van der Waals surface area contributed by atoms with E-state index in [2.05, 4.69) is 10.5 Å². The number of hydrogen-bond acceptors (Lipinski definition) is 6. The second kappa shape index (κ2) is 12.1. The molecule has 0 radical (unpaired) electrons. The molecule has 174 valence electrons. The van der Waals surface area contributed by atoms with E-state index in [0.29, 0.717) is 42.4 Å². The van der Waals surface area contributed by atoms with Crippen LogP contribution in [0.25, 0.3) is 0 Å². The maximum atomic E-state index is 12.4. The molecule has 0 heterocycles. The Morgan fingerprint density at radius 1 is 1.09 bits per heavy atom. The second-order valence-corrected chi connectivity index (χ2v) is 8.94. The molecule has 0 fully saturated rings. The number of carbonyl (C=O) groups excluding carboxylic acids is 1. The number of sulfonamides is 1. The van der Waals surface area contributed by atoms with Crippen LogP contribution < -0.4 is 19.2 Å². The Balaban J connectivity index is 2.11. The molecule has 0 atom stereocenters. The number of ether oxygens (including phenoxy) is 2. The largest absolute Gasteiger partial charge is 0.490 e. The number of para-hydroxylation sites is 1. The SMILES string of the molecule is CCCOc1ccc(/C=N\NC(=O)CN(c2ccccc2CC)S(C)(=O)=O)cc1OCC. The Bertz CT molecular complexity index is 1040. The average molecular weight is 462 g/mol. The van der Waals surface area contributed by atoms with E-state index >= 15 is 0 Å². The standard InChI is InChI=1S/C23H31N3O5S/c1-5-14-31-21-13-12-18(15-22(21)30-7-3)16-24-25-23(27)17-26(32(4,28)29)20-11-9-8-10-19(20)6-2/h8-13,15-16H,5-7,14,17H2,1-4H3,(H,25,27)/b24-16-. The van der Waals surface area contributed by atoms with Crippen LogP contribution in [0.2, 0.25) is 0 Å². The van der Waals surface area contributed by atoms with Gasteiger partial charge in [0.05, 0.1) is 31.4 Å². The van der Waals surface area contributed by atoms with Gasteiger partial charge < -0.3 is 9.47 Å². The lowest BCUT2D eigenvalue weighted by Gasteiger charge is -2.23. The molecule has 2 aromatic carbocycles. The van der Waals surface area contributed by atoms with Crippen molar-refractivity contribution in [3.63, 3.8) is 0 Å². The van der Waals surface area contributed by atoms with Crippen LogP contribution in [-0.4, -0.2) is 46.6 Å². The summed E-state index contributed by atoms with van der Waals surface area (Å²) in [5, 5.41) is 3.96. The summed E-state index contributed by atoms with van der Waals surface area (Å²) in [7, 11) is -3.66. The molecule has 2 aromatic rings. The van der Waals surface area contributed by atoms with Gasteiger partial charge in [-0.25, -0.2) is 13.8 Å². The van der Waals surface area contributed by atoms with Crippen LogP contribution in [-0.2, 0) is 21.2 Å². The van der Waals surface area contributed by atoms with E-state index in [4.69, 9.17) is 9.47 Å². The Morgan fingerprint density at radius 3 is 2.50 bits per heavy atom. The van der Waals surface area contributed by atoms with Crippen molar-refractivity contribution in [1.82, 2.24) is 5.43 Å². The fourth-order valence-corrected chi connectivity index (χ4v) is 3.87. The molecule has 0 aliphatic carbocycles. The monoisotopic (exact) mass is 461 g/mol. The Hall–Kier alpha value is -3.07. The van der Waals surface area contributed by atoms with Crippen LogP contribution in [0.1, 0.15) is 38.3 Å². The zero-order chi connectivity index (χ0) is 23.6. The summed E-state index contributed by atoms with van der Waals surface area (Å²) in [4.78, 5) is 12.4. The van der Waals surface area contributed by atoms with Gasteiger partial charge in [0.1, 0.15) is 6.54 Å². The molecule has 9 heteroatoms. The van der Waals surface area contributed by atoms with E-state index in [9.17, 15) is 13.2 Å². The number of aryl methyl sites for hydroxylation is 1. The van der Waals surface area contributed by atoms with Crippen LogP contribution in [0, 0.1) is 0 Å². The van der Waals surface area contributed by atoms with Gasteiger partial charge >= 0.3 is 0 Å². The summed E-state index contributed by atoms with van der Waals surface area (Å²) in [6, 6.07) is 12.5. The van der Waals surface area contributed by atoms with Gasteiger partial charge in [0, 0.05) is 0 Å². The first kappa shape index (κ1) is 25.2. The van der Waals surface area contributed by atoms with E-state index in [1.165, 1.54) is 6.21 Å². The molecule has 0 aromatic heterocycles. The molecule has 1 amide bonds. The molecular weight excluding hydrogens is 430 g/mol. The van der Waals surface area contributed by atoms with Gasteiger partial charge in [0.15, 0.2) is 11.5 Å². The summed E-state index contributed by atoms with van der Waals surface area (Å²) in [6.45, 7) is 6.53. The average Bonchev–Trinajstić information content (AvgIpc) is 2.76. The lowest BCUT2D eigenvalue weighted by molar-refractivity contribution is -0.119. The van der Waals surface area contributed by atoms with Crippen LogP contribution in [0.4, 0.5) is 5.69 Å². The topological polar surface area (TPSA) is 97.3 Å². The van der Waals surface area contributed by atoms with Crippen molar-refractivity contribution >= 4 is 27.8 Å². The van der Waals surface area contributed by atoms with Crippen LogP contribution >= 0.6 is 0 Å². The molecule has 0 bridgehead atoms. The third-order valence-corrected chi connectivity index (χ3v) is 5.59. The maximum Gasteiger partial charge on any atom is 0.260 e. The zero-order valence-corrected chi connectivity index (χ0v) is 19.8. The van der Waals surface area contributed by atoms with E-state index in [1.807, 2.05) is 32.9 Å². The van der Waals surface area contributed by atoms with Crippen molar-refractivity contribution in [2.75, 3.05) is 30.3 Å². The minimum absolute atomic E-state index is 0.374. The first-order chi connectivity index (χ1) is 15.3. The predicted molar refractivity (Wildman–Crippen MR) is 127 cm³/mol.